The monoisotopic (exact) mass is 525 g/mol. The van der Waals surface area contributed by atoms with Crippen molar-refractivity contribution >= 4 is 17.6 Å². The standard InChI is InChI=1S/C17H12F13NO3/c1-2-7-34-10(32)8-3-5-9(6-4-8)31-11(33)12(18,19)13(20,21)14(22,23)15(24,25)16(26,27)17(28,29)30/h3-6H,2,7H2,1H3,(H,31,33). The Morgan fingerprint density at radius 3 is 1.59 bits per heavy atom. The molecule has 0 unspecified atom stereocenters. The second-order valence-electron chi connectivity index (χ2n) is 6.54. The maximum absolute atomic E-state index is 13.8. The van der Waals surface area contributed by atoms with Gasteiger partial charge in [0.25, 0.3) is 0 Å². The highest BCUT2D eigenvalue weighted by Crippen LogP contribution is 2.60. The molecule has 34 heavy (non-hydrogen) atoms. The van der Waals surface area contributed by atoms with Crippen molar-refractivity contribution in [1.82, 2.24) is 0 Å². The number of hydrogen-bond donors (Lipinski definition) is 1. The van der Waals surface area contributed by atoms with Crippen LogP contribution in [0.3, 0.4) is 0 Å². The molecular weight excluding hydrogens is 513 g/mol. The number of alkyl halides is 13. The van der Waals surface area contributed by atoms with Crippen LogP contribution in [0.2, 0.25) is 0 Å². The molecule has 0 heterocycles. The summed E-state index contributed by atoms with van der Waals surface area (Å²) in [5.74, 6) is -43.2. The summed E-state index contributed by atoms with van der Waals surface area (Å²) in [7, 11) is 0. The number of amides is 1. The van der Waals surface area contributed by atoms with Gasteiger partial charge in [-0.05, 0) is 30.7 Å². The lowest BCUT2D eigenvalue weighted by atomic mass is 9.93. The molecular formula is C17H12F13NO3. The average Bonchev–Trinajstić information content (AvgIpc) is 2.70. The number of esters is 1. The molecule has 1 aromatic carbocycles. The fourth-order valence-corrected chi connectivity index (χ4v) is 2.09. The number of nitrogens with one attached hydrogen (secondary N) is 1. The summed E-state index contributed by atoms with van der Waals surface area (Å²) in [6, 6.07) is 2.71. The van der Waals surface area contributed by atoms with Crippen molar-refractivity contribution in [3.8, 4) is 0 Å². The van der Waals surface area contributed by atoms with Gasteiger partial charge in [0.2, 0.25) is 0 Å². The molecule has 194 valence electrons. The molecule has 1 aromatic rings. The number of rotatable bonds is 9. The highest BCUT2D eigenvalue weighted by Gasteiger charge is 2.91. The molecule has 0 spiro atoms. The molecule has 0 bridgehead atoms. The quantitative estimate of drug-likeness (QED) is 0.321. The van der Waals surface area contributed by atoms with Crippen molar-refractivity contribution in [2.75, 3.05) is 11.9 Å². The van der Waals surface area contributed by atoms with Crippen molar-refractivity contribution in [2.45, 2.75) is 49.1 Å². The summed E-state index contributed by atoms with van der Waals surface area (Å²) >= 11 is 0. The molecule has 4 nitrogen and oxygen atoms in total. The first-order valence-corrected chi connectivity index (χ1v) is 8.64. The maximum atomic E-state index is 13.8. The zero-order chi connectivity index (χ0) is 27.0. The SMILES string of the molecule is CCCOC(=O)c1ccc(NC(=O)C(F)(F)C(F)(F)C(F)(F)C(F)(F)C(F)(F)C(F)(F)F)cc1. The van der Waals surface area contributed by atoms with E-state index in [0.29, 0.717) is 18.6 Å². The van der Waals surface area contributed by atoms with Crippen LogP contribution in [0.15, 0.2) is 24.3 Å². The van der Waals surface area contributed by atoms with Crippen molar-refractivity contribution in [1.29, 1.82) is 0 Å². The van der Waals surface area contributed by atoms with Gasteiger partial charge in [0.15, 0.2) is 0 Å². The van der Waals surface area contributed by atoms with E-state index >= 15 is 0 Å². The van der Waals surface area contributed by atoms with Crippen LogP contribution in [0, 0.1) is 0 Å². The topological polar surface area (TPSA) is 55.4 Å². The van der Waals surface area contributed by atoms with Crippen molar-refractivity contribution < 1.29 is 71.4 Å². The number of hydrogen-bond acceptors (Lipinski definition) is 3. The lowest BCUT2D eigenvalue weighted by molar-refractivity contribution is -0.435. The number of halogens is 13. The van der Waals surface area contributed by atoms with Crippen LogP contribution in [0.25, 0.3) is 0 Å². The second-order valence-corrected chi connectivity index (χ2v) is 6.54. The number of carbonyl (C=O) groups is 2. The van der Waals surface area contributed by atoms with Gasteiger partial charge in [-0.15, -0.1) is 0 Å². The first-order valence-electron chi connectivity index (χ1n) is 8.64. The smallest absolute Gasteiger partial charge is 0.460 e. The van der Waals surface area contributed by atoms with Crippen LogP contribution < -0.4 is 5.32 Å². The summed E-state index contributed by atoms with van der Waals surface area (Å²) in [5, 5.41) is 0.881. The van der Waals surface area contributed by atoms with Crippen molar-refractivity contribution in [2.24, 2.45) is 0 Å². The Labute approximate surface area is 181 Å². The van der Waals surface area contributed by atoms with E-state index in [9.17, 15) is 66.7 Å². The summed E-state index contributed by atoms with van der Waals surface area (Å²) in [4.78, 5) is 23.0. The predicted octanol–water partition coefficient (Wildman–Crippen LogP) is 5.93. The largest absolute Gasteiger partial charge is 0.462 e. The molecule has 0 fully saturated rings. The van der Waals surface area contributed by atoms with Crippen LogP contribution in [-0.4, -0.2) is 54.3 Å². The van der Waals surface area contributed by atoms with E-state index in [2.05, 4.69) is 4.74 Å². The van der Waals surface area contributed by atoms with Crippen LogP contribution in [0.1, 0.15) is 23.7 Å². The van der Waals surface area contributed by atoms with Gasteiger partial charge in [-0.25, -0.2) is 4.79 Å². The van der Waals surface area contributed by atoms with Crippen LogP contribution in [0.5, 0.6) is 0 Å². The van der Waals surface area contributed by atoms with Gasteiger partial charge < -0.3 is 10.1 Å². The minimum absolute atomic E-state index is 0.0368. The fourth-order valence-electron chi connectivity index (χ4n) is 2.09. The third-order valence-corrected chi connectivity index (χ3v) is 4.03. The van der Waals surface area contributed by atoms with Crippen molar-refractivity contribution in [3.63, 3.8) is 0 Å². The van der Waals surface area contributed by atoms with Gasteiger partial charge in [-0.2, -0.15) is 57.1 Å². The summed E-state index contributed by atoms with van der Waals surface area (Å²) in [6.45, 7) is 1.59. The van der Waals surface area contributed by atoms with E-state index in [4.69, 9.17) is 0 Å². The lowest BCUT2D eigenvalue weighted by Crippen LogP contribution is -2.71. The highest BCUT2D eigenvalue weighted by atomic mass is 19.4. The molecule has 0 aliphatic heterocycles. The van der Waals surface area contributed by atoms with E-state index in [0.717, 1.165) is 17.4 Å². The van der Waals surface area contributed by atoms with Crippen LogP contribution >= 0.6 is 0 Å². The molecule has 17 heteroatoms. The number of anilines is 1. The van der Waals surface area contributed by atoms with Crippen LogP contribution in [0.4, 0.5) is 62.8 Å². The second kappa shape index (κ2) is 9.13. The molecule has 1 rings (SSSR count). The molecule has 0 radical (unpaired) electrons. The van der Waals surface area contributed by atoms with Gasteiger partial charge in [0.05, 0.1) is 12.2 Å². The van der Waals surface area contributed by atoms with Gasteiger partial charge >= 0.3 is 47.7 Å². The fraction of sp³-hybridized carbons (Fsp3) is 0.529. The molecule has 0 saturated carbocycles. The number of ether oxygens (including phenoxy) is 1. The Bertz CT molecular complexity index is 895. The summed E-state index contributed by atoms with van der Waals surface area (Å²) in [6.07, 6.45) is -7.14. The van der Waals surface area contributed by atoms with E-state index in [1.807, 2.05) is 0 Å². The molecule has 0 atom stereocenters. The minimum atomic E-state index is -8.11. The zero-order valence-electron chi connectivity index (χ0n) is 16.4. The van der Waals surface area contributed by atoms with E-state index < -0.39 is 53.4 Å². The zero-order valence-corrected chi connectivity index (χ0v) is 16.4. The molecule has 0 saturated heterocycles. The van der Waals surface area contributed by atoms with Gasteiger partial charge in [0.1, 0.15) is 0 Å². The molecule has 1 N–H and O–H groups in total. The highest BCUT2D eigenvalue weighted by molar-refractivity contribution is 5.97. The Morgan fingerprint density at radius 2 is 1.18 bits per heavy atom. The molecule has 1 amide bonds. The lowest BCUT2D eigenvalue weighted by Gasteiger charge is -2.39. The third-order valence-electron chi connectivity index (χ3n) is 4.03. The first kappa shape index (κ1) is 29.3. The minimum Gasteiger partial charge on any atom is -0.462 e. The van der Waals surface area contributed by atoms with E-state index in [1.165, 1.54) is 0 Å². The number of benzene rings is 1. The molecule has 0 aromatic heterocycles. The summed E-state index contributed by atoms with van der Waals surface area (Å²) in [5.41, 5.74) is -1.16. The van der Waals surface area contributed by atoms with E-state index in [-0.39, 0.29) is 12.2 Å². The Morgan fingerprint density at radius 1 is 0.735 bits per heavy atom. The Kier molecular flexibility index (Phi) is 7.86. The molecule has 0 aliphatic rings. The predicted molar refractivity (Wildman–Crippen MR) is 86.4 cm³/mol. The maximum Gasteiger partial charge on any atom is 0.460 e. The molecule has 0 aliphatic carbocycles. The summed E-state index contributed by atoms with van der Waals surface area (Å²) < 4.78 is 174. The van der Waals surface area contributed by atoms with Gasteiger partial charge in [-0.1, -0.05) is 6.92 Å². The Hall–Kier alpha value is -2.75. The first-order chi connectivity index (χ1) is 15.1. The normalized spacial score (nSPS) is 14.1. The third kappa shape index (κ3) is 4.73. The van der Waals surface area contributed by atoms with Gasteiger partial charge in [-0.3, -0.25) is 4.79 Å². The number of carbonyl (C=O) groups excluding carboxylic acids is 2. The van der Waals surface area contributed by atoms with Gasteiger partial charge in [0, 0.05) is 5.69 Å². The van der Waals surface area contributed by atoms with Crippen LogP contribution in [-0.2, 0) is 9.53 Å². The van der Waals surface area contributed by atoms with E-state index in [1.54, 1.807) is 6.92 Å². The average molecular weight is 525 g/mol. The van der Waals surface area contributed by atoms with Crippen molar-refractivity contribution in [3.05, 3.63) is 29.8 Å². The Balaban J connectivity index is 3.24.